The summed E-state index contributed by atoms with van der Waals surface area (Å²) in [6.45, 7) is 8.03. The number of allylic oxidation sites excluding steroid dienone is 4. The van der Waals surface area contributed by atoms with E-state index >= 15 is 0 Å². The van der Waals surface area contributed by atoms with Gasteiger partial charge in [0.2, 0.25) is 0 Å². The van der Waals surface area contributed by atoms with Gasteiger partial charge in [0, 0.05) is 5.39 Å². The minimum absolute atomic E-state index is 0.124. The second-order valence-electron chi connectivity index (χ2n) is 5.13. The summed E-state index contributed by atoms with van der Waals surface area (Å²) < 4.78 is 7.56. The van der Waals surface area contributed by atoms with Crippen LogP contribution in [0.5, 0.6) is 0 Å². The lowest BCUT2D eigenvalue weighted by molar-refractivity contribution is 0.248. The van der Waals surface area contributed by atoms with Crippen molar-refractivity contribution >= 4 is 10.9 Å². The summed E-state index contributed by atoms with van der Waals surface area (Å²) in [4.78, 5) is 0. The van der Waals surface area contributed by atoms with Crippen molar-refractivity contribution in [2.45, 2.75) is 13.2 Å². The smallest absolute Gasteiger partial charge is 0.155 e. The Morgan fingerprint density at radius 3 is 2.74 bits per heavy atom. The van der Waals surface area contributed by atoms with Crippen LogP contribution in [-0.4, -0.2) is 14.9 Å². The van der Waals surface area contributed by atoms with E-state index in [-0.39, 0.29) is 6.61 Å². The van der Waals surface area contributed by atoms with Gasteiger partial charge in [0.15, 0.2) is 5.76 Å². The predicted octanol–water partition coefficient (Wildman–Crippen LogP) is 4.09. The highest BCUT2D eigenvalue weighted by atomic mass is 16.4. The van der Waals surface area contributed by atoms with Gasteiger partial charge in [0.1, 0.15) is 18.1 Å². The van der Waals surface area contributed by atoms with Gasteiger partial charge in [0.05, 0.1) is 12.1 Å². The Morgan fingerprint density at radius 2 is 2.04 bits per heavy atom. The van der Waals surface area contributed by atoms with Crippen molar-refractivity contribution in [3.63, 3.8) is 0 Å². The number of aliphatic hydroxyl groups excluding tert-OH is 1. The molecule has 0 spiro atoms. The topological polar surface area (TPSA) is 51.2 Å². The van der Waals surface area contributed by atoms with E-state index in [0.29, 0.717) is 18.1 Å². The summed E-state index contributed by atoms with van der Waals surface area (Å²) >= 11 is 0. The maximum atomic E-state index is 9.18. The van der Waals surface area contributed by atoms with Crippen molar-refractivity contribution < 1.29 is 9.52 Å². The number of fused-ring (bicyclic) bond motifs is 1. The normalized spacial score (nSPS) is 11.8. The molecule has 0 fully saturated rings. The van der Waals surface area contributed by atoms with Gasteiger partial charge in [-0.2, -0.15) is 5.10 Å². The van der Waals surface area contributed by atoms with Gasteiger partial charge < -0.3 is 9.52 Å². The van der Waals surface area contributed by atoms with Gasteiger partial charge in [-0.15, -0.1) is 0 Å². The monoisotopic (exact) mass is 306 g/mol. The highest BCUT2D eigenvalue weighted by Crippen LogP contribution is 2.29. The van der Waals surface area contributed by atoms with Crippen LogP contribution < -0.4 is 0 Å². The second kappa shape index (κ2) is 6.50. The summed E-state index contributed by atoms with van der Waals surface area (Å²) in [5.74, 6) is 1.17. The minimum atomic E-state index is -0.124. The van der Waals surface area contributed by atoms with Crippen LogP contribution in [0.4, 0.5) is 0 Å². The Morgan fingerprint density at radius 1 is 1.22 bits per heavy atom. The van der Waals surface area contributed by atoms with Crippen molar-refractivity contribution in [3.05, 3.63) is 79.1 Å². The van der Waals surface area contributed by atoms with E-state index < -0.39 is 0 Å². The lowest BCUT2D eigenvalue weighted by atomic mass is 10.2. The molecule has 0 atom stereocenters. The van der Waals surface area contributed by atoms with E-state index in [9.17, 15) is 5.11 Å². The summed E-state index contributed by atoms with van der Waals surface area (Å²) in [5, 5.41) is 14.9. The number of benzene rings is 1. The molecular formula is C19H18N2O2. The van der Waals surface area contributed by atoms with Gasteiger partial charge in [-0.1, -0.05) is 49.6 Å². The Balaban J connectivity index is 2.11. The Bertz CT molecular complexity index is 884. The molecule has 0 bridgehead atoms. The fourth-order valence-corrected chi connectivity index (χ4v) is 2.53. The summed E-state index contributed by atoms with van der Waals surface area (Å²) in [5.41, 5.74) is 2.80. The van der Waals surface area contributed by atoms with Crippen molar-refractivity contribution in [3.8, 4) is 11.5 Å². The van der Waals surface area contributed by atoms with Crippen molar-refractivity contribution in [2.24, 2.45) is 0 Å². The zero-order chi connectivity index (χ0) is 16.2. The van der Waals surface area contributed by atoms with Gasteiger partial charge in [-0.25, -0.2) is 0 Å². The molecule has 1 aromatic carbocycles. The van der Waals surface area contributed by atoms with Crippen molar-refractivity contribution in [1.29, 1.82) is 0 Å². The molecule has 23 heavy (non-hydrogen) atoms. The van der Waals surface area contributed by atoms with Crippen LogP contribution >= 0.6 is 0 Å². The molecule has 2 heterocycles. The third-order valence-corrected chi connectivity index (χ3v) is 3.64. The van der Waals surface area contributed by atoms with Crippen molar-refractivity contribution in [1.82, 2.24) is 9.78 Å². The maximum absolute atomic E-state index is 9.18. The molecule has 0 radical (unpaired) electrons. The number of aromatic nitrogens is 2. The Kier molecular flexibility index (Phi) is 4.26. The highest BCUT2D eigenvalue weighted by molar-refractivity contribution is 5.92. The molecule has 0 amide bonds. The summed E-state index contributed by atoms with van der Waals surface area (Å²) in [6.07, 6.45) is 5.46. The molecule has 3 rings (SSSR count). The second-order valence-corrected chi connectivity index (χ2v) is 5.13. The summed E-state index contributed by atoms with van der Waals surface area (Å²) in [7, 11) is 0. The molecule has 116 valence electrons. The fourth-order valence-electron chi connectivity index (χ4n) is 2.53. The molecule has 2 aromatic heterocycles. The molecule has 0 aliphatic rings. The molecular weight excluding hydrogens is 288 g/mol. The zero-order valence-electron chi connectivity index (χ0n) is 12.8. The largest absolute Gasteiger partial charge is 0.457 e. The first-order valence-electron chi connectivity index (χ1n) is 7.36. The number of rotatable bonds is 6. The SMILES string of the molecule is C=CC=C(C=C)Cn1nc(-c2ccc(CO)o2)c2ccccc21. The average molecular weight is 306 g/mol. The number of hydrogen-bond donors (Lipinski definition) is 1. The maximum Gasteiger partial charge on any atom is 0.155 e. The summed E-state index contributed by atoms with van der Waals surface area (Å²) in [6, 6.07) is 11.6. The van der Waals surface area contributed by atoms with E-state index in [1.807, 2.05) is 41.1 Å². The van der Waals surface area contributed by atoms with Crippen LogP contribution in [-0.2, 0) is 13.2 Å². The lowest BCUT2D eigenvalue weighted by Gasteiger charge is -2.03. The van der Waals surface area contributed by atoms with Crippen LogP contribution in [0, 0.1) is 0 Å². The van der Waals surface area contributed by atoms with E-state index in [0.717, 1.165) is 22.2 Å². The molecule has 4 nitrogen and oxygen atoms in total. The fraction of sp³-hybridized carbons (Fsp3) is 0.105. The van der Waals surface area contributed by atoms with Gasteiger partial charge in [-0.3, -0.25) is 4.68 Å². The van der Waals surface area contributed by atoms with E-state index in [1.54, 1.807) is 18.2 Å². The lowest BCUT2D eigenvalue weighted by Crippen LogP contribution is -2.01. The van der Waals surface area contributed by atoms with Gasteiger partial charge >= 0.3 is 0 Å². The quantitative estimate of drug-likeness (QED) is 0.698. The molecule has 0 unspecified atom stereocenters. The molecule has 0 aliphatic heterocycles. The Hall–Kier alpha value is -2.85. The molecule has 0 saturated heterocycles. The first kappa shape index (κ1) is 15.1. The first-order valence-corrected chi connectivity index (χ1v) is 7.36. The van der Waals surface area contributed by atoms with Crippen LogP contribution in [0.25, 0.3) is 22.4 Å². The third kappa shape index (κ3) is 2.89. The number of hydrogen-bond acceptors (Lipinski definition) is 3. The molecule has 0 saturated carbocycles. The van der Waals surface area contributed by atoms with Gasteiger partial charge in [-0.05, 0) is 23.8 Å². The minimum Gasteiger partial charge on any atom is -0.457 e. The van der Waals surface area contributed by atoms with Crippen LogP contribution in [0.2, 0.25) is 0 Å². The molecule has 3 aromatic rings. The van der Waals surface area contributed by atoms with Crippen molar-refractivity contribution in [2.75, 3.05) is 0 Å². The predicted molar refractivity (Wildman–Crippen MR) is 91.8 cm³/mol. The standard InChI is InChI=1S/C19H18N2O2/c1-3-7-14(4-2)12-21-17-9-6-5-8-16(17)19(20-21)18-11-10-15(13-22)23-18/h3-11,22H,1-2,12-13H2. The van der Waals surface area contributed by atoms with Gasteiger partial charge in [0.25, 0.3) is 0 Å². The van der Waals surface area contributed by atoms with Crippen LogP contribution in [0.3, 0.4) is 0 Å². The number of aliphatic hydroxyl groups is 1. The molecule has 4 heteroatoms. The number of furan rings is 1. The average Bonchev–Trinajstić information content (AvgIpc) is 3.19. The van der Waals surface area contributed by atoms with E-state index in [2.05, 4.69) is 13.2 Å². The Labute approximate surface area is 134 Å². The first-order chi connectivity index (χ1) is 11.3. The third-order valence-electron chi connectivity index (χ3n) is 3.64. The molecule has 1 N–H and O–H groups in total. The van der Waals surface area contributed by atoms with E-state index in [4.69, 9.17) is 9.52 Å². The zero-order valence-corrected chi connectivity index (χ0v) is 12.8. The number of nitrogens with zero attached hydrogens (tertiary/aromatic N) is 2. The van der Waals surface area contributed by atoms with Crippen LogP contribution in [0.1, 0.15) is 5.76 Å². The highest BCUT2D eigenvalue weighted by Gasteiger charge is 2.15. The number of para-hydroxylation sites is 1. The van der Waals surface area contributed by atoms with Crippen LogP contribution in [0.15, 0.2) is 77.8 Å². The van der Waals surface area contributed by atoms with E-state index in [1.165, 1.54) is 0 Å². The molecule has 0 aliphatic carbocycles.